The van der Waals surface area contributed by atoms with Crippen molar-refractivity contribution in [1.82, 2.24) is 10.3 Å². The van der Waals surface area contributed by atoms with Gasteiger partial charge in [-0.25, -0.2) is 4.98 Å². The first-order valence-electron chi connectivity index (χ1n) is 6.64. The molecule has 0 aliphatic carbocycles. The van der Waals surface area contributed by atoms with Gasteiger partial charge in [0.15, 0.2) is 0 Å². The van der Waals surface area contributed by atoms with E-state index in [-0.39, 0.29) is 5.69 Å². The highest BCUT2D eigenvalue weighted by molar-refractivity contribution is 9.10. The van der Waals surface area contributed by atoms with Crippen molar-refractivity contribution in [2.75, 3.05) is 25.5 Å². The zero-order valence-electron chi connectivity index (χ0n) is 11.9. The first kappa shape index (κ1) is 15.7. The van der Waals surface area contributed by atoms with Gasteiger partial charge < -0.3 is 10.6 Å². The van der Waals surface area contributed by atoms with E-state index in [1.807, 2.05) is 25.2 Å². The minimum Gasteiger partial charge on any atom is -0.379 e. The number of hydrogen-bond acceptors (Lipinski definition) is 5. The standard InChI is InChI=1S/C14H17BrN4O2/c1-9(6-16-2)7-18-14-11-5-10(15)3-4-12(11)17-8-13(14)19(20)21/h3-5,8-9,16H,6-7H2,1-2H3,(H,17,18). The van der Waals surface area contributed by atoms with Crippen molar-refractivity contribution in [1.29, 1.82) is 0 Å². The van der Waals surface area contributed by atoms with Crippen molar-refractivity contribution in [3.05, 3.63) is 39.0 Å². The highest BCUT2D eigenvalue weighted by atomic mass is 79.9. The van der Waals surface area contributed by atoms with Crippen LogP contribution in [0.5, 0.6) is 0 Å². The van der Waals surface area contributed by atoms with Crippen molar-refractivity contribution < 1.29 is 4.92 Å². The molecule has 1 atom stereocenters. The number of pyridine rings is 1. The van der Waals surface area contributed by atoms with Crippen LogP contribution in [-0.2, 0) is 0 Å². The van der Waals surface area contributed by atoms with E-state index in [4.69, 9.17) is 0 Å². The maximum absolute atomic E-state index is 11.2. The molecule has 1 aromatic carbocycles. The van der Waals surface area contributed by atoms with Crippen LogP contribution in [0.1, 0.15) is 6.92 Å². The van der Waals surface area contributed by atoms with Crippen molar-refractivity contribution >= 4 is 38.2 Å². The summed E-state index contributed by atoms with van der Waals surface area (Å²) in [5.41, 5.74) is 1.25. The molecule has 21 heavy (non-hydrogen) atoms. The molecular formula is C14H17BrN4O2. The fraction of sp³-hybridized carbons (Fsp3) is 0.357. The third-order valence-electron chi connectivity index (χ3n) is 3.19. The molecular weight excluding hydrogens is 336 g/mol. The molecule has 0 amide bonds. The zero-order valence-corrected chi connectivity index (χ0v) is 13.5. The monoisotopic (exact) mass is 352 g/mol. The Kier molecular flexibility index (Phi) is 5.08. The summed E-state index contributed by atoms with van der Waals surface area (Å²) >= 11 is 3.40. The number of rotatable bonds is 6. The van der Waals surface area contributed by atoms with Gasteiger partial charge in [-0.15, -0.1) is 0 Å². The lowest BCUT2D eigenvalue weighted by atomic mass is 10.1. The fourth-order valence-corrected chi connectivity index (χ4v) is 2.54. The molecule has 2 aromatic rings. The van der Waals surface area contributed by atoms with Crippen LogP contribution < -0.4 is 10.6 Å². The Hall–Kier alpha value is -1.73. The van der Waals surface area contributed by atoms with E-state index in [1.165, 1.54) is 6.20 Å². The second-order valence-corrected chi connectivity index (χ2v) is 5.90. The number of benzene rings is 1. The summed E-state index contributed by atoms with van der Waals surface area (Å²) in [6.07, 6.45) is 1.31. The van der Waals surface area contributed by atoms with Gasteiger partial charge in [0.2, 0.25) is 0 Å². The number of hydrogen-bond donors (Lipinski definition) is 2. The number of aromatic nitrogens is 1. The summed E-state index contributed by atoms with van der Waals surface area (Å²) in [4.78, 5) is 15.0. The molecule has 0 saturated heterocycles. The Labute approximate surface area is 131 Å². The molecule has 0 fully saturated rings. The molecule has 2 rings (SSSR count). The molecule has 112 valence electrons. The number of nitrogens with one attached hydrogen (secondary N) is 2. The minimum atomic E-state index is -0.404. The molecule has 0 aliphatic heterocycles. The first-order chi connectivity index (χ1) is 10.0. The maximum Gasteiger partial charge on any atom is 0.311 e. The highest BCUT2D eigenvalue weighted by Gasteiger charge is 2.18. The van der Waals surface area contributed by atoms with Gasteiger partial charge in [-0.05, 0) is 37.7 Å². The highest BCUT2D eigenvalue weighted by Crippen LogP contribution is 2.33. The summed E-state index contributed by atoms with van der Waals surface area (Å²) in [7, 11) is 1.89. The Morgan fingerprint density at radius 2 is 2.19 bits per heavy atom. The van der Waals surface area contributed by atoms with Crippen LogP contribution in [0.15, 0.2) is 28.9 Å². The Balaban J connectivity index is 2.43. The molecule has 1 aromatic heterocycles. The first-order valence-corrected chi connectivity index (χ1v) is 7.43. The predicted octanol–water partition coefficient (Wildman–Crippen LogP) is 3.17. The maximum atomic E-state index is 11.2. The van der Waals surface area contributed by atoms with Crippen LogP contribution in [0.3, 0.4) is 0 Å². The molecule has 0 bridgehead atoms. The summed E-state index contributed by atoms with van der Waals surface area (Å²) in [6, 6.07) is 5.56. The van der Waals surface area contributed by atoms with Gasteiger partial charge in [0.05, 0.1) is 10.4 Å². The van der Waals surface area contributed by atoms with Gasteiger partial charge in [0.1, 0.15) is 11.9 Å². The van der Waals surface area contributed by atoms with Crippen molar-refractivity contribution in [3.8, 4) is 0 Å². The van der Waals surface area contributed by atoms with E-state index < -0.39 is 4.92 Å². The number of halogens is 1. The topological polar surface area (TPSA) is 80.1 Å². The number of anilines is 1. The molecule has 0 radical (unpaired) electrons. The van der Waals surface area contributed by atoms with Crippen LogP contribution in [-0.4, -0.2) is 30.0 Å². The van der Waals surface area contributed by atoms with Crippen LogP contribution in [0.4, 0.5) is 11.4 Å². The van der Waals surface area contributed by atoms with Crippen molar-refractivity contribution in [2.45, 2.75) is 6.92 Å². The SMILES string of the molecule is CNCC(C)CNc1c([N+](=O)[O-])cnc2ccc(Br)cc12. The van der Waals surface area contributed by atoms with Gasteiger partial charge in [-0.1, -0.05) is 22.9 Å². The number of nitro groups is 1. The summed E-state index contributed by atoms with van der Waals surface area (Å²) in [5.74, 6) is 0.352. The third-order valence-corrected chi connectivity index (χ3v) is 3.68. The predicted molar refractivity (Wildman–Crippen MR) is 87.7 cm³/mol. The summed E-state index contributed by atoms with van der Waals surface area (Å²) in [5, 5.41) is 18.3. The molecule has 1 heterocycles. The quantitative estimate of drug-likeness (QED) is 0.616. The van der Waals surface area contributed by atoms with Gasteiger partial charge in [0.25, 0.3) is 0 Å². The van der Waals surface area contributed by atoms with Gasteiger partial charge in [0, 0.05) is 16.4 Å². The lowest BCUT2D eigenvalue weighted by Gasteiger charge is -2.14. The van der Waals surface area contributed by atoms with Crippen LogP contribution in [0.25, 0.3) is 10.9 Å². The molecule has 0 spiro atoms. The Morgan fingerprint density at radius 3 is 2.86 bits per heavy atom. The average molecular weight is 353 g/mol. The second kappa shape index (κ2) is 6.82. The summed E-state index contributed by atoms with van der Waals surface area (Å²) in [6.45, 7) is 3.56. The van der Waals surface area contributed by atoms with Crippen LogP contribution in [0, 0.1) is 16.0 Å². The van der Waals surface area contributed by atoms with E-state index in [0.29, 0.717) is 18.2 Å². The molecule has 0 aliphatic rings. The second-order valence-electron chi connectivity index (χ2n) is 4.98. The van der Waals surface area contributed by atoms with E-state index in [2.05, 4.69) is 38.5 Å². The normalized spacial score (nSPS) is 12.3. The van der Waals surface area contributed by atoms with Gasteiger partial charge in [-0.2, -0.15) is 0 Å². The minimum absolute atomic E-state index is 0.00254. The van der Waals surface area contributed by atoms with Crippen molar-refractivity contribution in [2.24, 2.45) is 5.92 Å². The van der Waals surface area contributed by atoms with Gasteiger partial charge in [-0.3, -0.25) is 10.1 Å². The third kappa shape index (κ3) is 3.68. The molecule has 6 nitrogen and oxygen atoms in total. The Morgan fingerprint density at radius 1 is 1.43 bits per heavy atom. The van der Waals surface area contributed by atoms with E-state index >= 15 is 0 Å². The van der Waals surface area contributed by atoms with E-state index in [0.717, 1.165) is 21.9 Å². The molecule has 7 heteroatoms. The van der Waals surface area contributed by atoms with Gasteiger partial charge >= 0.3 is 5.69 Å². The summed E-state index contributed by atoms with van der Waals surface area (Å²) < 4.78 is 0.864. The van der Waals surface area contributed by atoms with E-state index in [1.54, 1.807) is 0 Å². The van der Waals surface area contributed by atoms with E-state index in [9.17, 15) is 10.1 Å². The van der Waals surface area contributed by atoms with Crippen LogP contribution >= 0.6 is 15.9 Å². The Bertz CT molecular complexity index is 663. The smallest absolute Gasteiger partial charge is 0.311 e. The van der Waals surface area contributed by atoms with Crippen LogP contribution in [0.2, 0.25) is 0 Å². The lowest BCUT2D eigenvalue weighted by Crippen LogP contribution is -2.23. The molecule has 0 saturated carbocycles. The number of fused-ring (bicyclic) bond motifs is 1. The largest absolute Gasteiger partial charge is 0.379 e. The van der Waals surface area contributed by atoms with Crippen molar-refractivity contribution in [3.63, 3.8) is 0 Å². The molecule has 2 N–H and O–H groups in total. The number of nitrogens with zero attached hydrogens (tertiary/aromatic N) is 2. The fourth-order valence-electron chi connectivity index (χ4n) is 2.18. The average Bonchev–Trinajstić information content (AvgIpc) is 2.44. The zero-order chi connectivity index (χ0) is 15.4. The molecule has 1 unspecified atom stereocenters. The lowest BCUT2D eigenvalue weighted by molar-refractivity contribution is -0.384.